The summed E-state index contributed by atoms with van der Waals surface area (Å²) in [5.41, 5.74) is 2.27. The molecule has 2 rings (SSSR count). The average molecular weight is 300 g/mol. The summed E-state index contributed by atoms with van der Waals surface area (Å²) in [6.45, 7) is 6.73. The van der Waals surface area contributed by atoms with Crippen molar-refractivity contribution < 1.29 is 8.42 Å². The molecule has 0 aliphatic carbocycles. The molecule has 0 aromatic carbocycles. The van der Waals surface area contributed by atoms with E-state index >= 15 is 0 Å². The van der Waals surface area contributed by atoms with Crippen molar-refractivity contribution in [3.63, 3.8) is 0 Å². The van der Waals surface area contributed by atoms with Gasteiger partial charge in [0.15, 0.2) is 0 Å². The molecule has 1 fully saturated rings. The molecule has 0 radical (unpaired) electrons. The van der Waals surface area contributed by atoms with Gasteiger partial charge < -0.3 is 0 Å². The van der Waals surface area contributed by atoms with Gasteiger partial charge in [0, 0.05) is 25.7 Å². The molecule has 1 saturated heterocycles. The number of anilines is 1. The minimum absolute atomic E-state index is 0.0913. The van der Waals surface area contributed by atoms with E-state index in [0.717, 1.165) is 13.1 Å². The number of nitrogens with one attached hydrogen (secondary N) is 1. The van der Waals surface area contributed by atoms with Gasteiger partial charge in [-0.25, -0.2) is 24.2 Å². The monoisotopic (exact) mass is 300 g/mol. The van der Waals surface area contributed by atoms with E-state index in [9.17, 15) is 8.42 Å². The fourth-order valence-electron chi connectivity index (χ4n) is 2.32. The van der Waals surface area contributed by atoms with Crippen molar-refractivity contribution in [2.45, 2.75) is 24.8 Å². The van der Waals surface area contributed by atoms with Gasteiger partial charge in [0.1, 0.15) is 4.90 Å². The normalized spacial score (nSPS) is 21.9. The van der Waals surface area contributed by atoms with E-state index in [1.165, 1.54) is 16.7 Å². The number of sulfonamides is 1. The number of nitrogens with two attached hydrogens (primary N) is 1. The standard InChI is InChI=1S/C11H20N6O2S/c1-3-16-4-5-17(8-9(16)2)20(18,19)10-6-13-11(15-12)14-7-10/h6-7,9H,3-5,8,12H2,1-2H3,(H,13,14,15). The van der Waals surface area contributed by atoms with Crippen LogP contribution < -0.4 is 11.3 Å². The average Bonchev–Trinajstić information content (AvgIpc) is 2.47. The summed E-state index contributed by atoms with van der Waals surface area (Å²) in [7, 11) is -3.54. The van der Waals surface area contributed by atoms with Gasteiger partial charge in [-0.05, 0) is 13.5 Å². The molecular formula is C11H20N6O2S. The van der Waals surface area contributed by atoms with Gasteiger partial charge in [-0.15, -0.1) is 0 Å². The van der Waals surface area contributed by atoms with Crippen LogP contribution in [0.3, 0.4) is 0 Å². The number of nitrogens with zero attached hydrogens (tertiary/aromatic N) is 4. The minimum atomic E-state index is -3.54. The van der Waals surface area contributed by atoms with E-state index < -0.39 is 10.0 Å². The second-order valence-electron chi connectivity index (χ2n) is 4.73. The molecule has 9 heteroatoms. The maximum Gasteiger partial charge on any atom is 0.246 e. The van der Waals surface area contributed by atoms with Crippen LogP contribution in [0.5, 0.6) is 0 Å². The molecule has 3 N–H and O–H groups in total. The first-order valence-electron chi connectivity index (χ1n) is 6.52. The number of hydrogen-bond acceptors (Lipinski definition) is 7. The molecule has 20 heavy (non-hydrogen) atoms. The van der Waals surface area contributed by atoms with E-state index in [4.69, 9.17) is 5.84 Å². The van der Waals surface area contributed by atoms with E-state index in [0.29, 0.717) is 13.1 Å². The Hall–Kier alpha value is -1.29. The molecule has 2 heterocycles. The molecule has 0 spiro atoms. The molecule has 0 saturated carbocycles. The molecular weight excluding hydrogens is 280 g/mol. The Kier molecular flexibility index (Phi) is 4.53. The van der Waals surface area contributed by atoms with Crippen molar-refractivity contribution >= 4 is 16.0 Å². The van der Waals surface area contributed by atoms with Crippen molar-refractivity contribution in [2.75, 3.05) is 31.6 Å². The van der Waals surface area contributed by atoms with Crippen LogP contribution >= 0.6 is 0 Å². The molecule has 1 aromatic rings. The Bertz CT molecular complexity index is 547. The van der Waals surface area contributed by atoms with Crippen molar-refractivity contribution in [3.8, 4) is 0 Å². The lowest BCUT2D eigenvalue weighted by Gasteiger charge is -2.38. The number of piperazine rings is 1. The summed E-state index contributed by atoms with van der Waals surface area (Å²) in [5, 5.41) is 0. The first kappa shape index (κ1) is 15.1. The van der Waals surface area contributed by atoms with Crippen molar-refractivity contribution in [1.29, 1.82) is 0 Å². The van der Waals surface area contributed by atoms with E-state index in [-0.39, 0.29) is 16.9 Å². The zero-order valence-electron chi connectivity index (χ0n) is 11.7. The summed E-state index contributed by atoms with van der Waals surface area (Å²) in [6, 6.07) is 0.203. The molecule has 1 aliphatic rings. The molecule has 1 aliphatic heterocycles. The summed E-state index contributed by atoms with van der Waals surface area (Å²) in [4.78, 5) is 10.0. The highest BCUT2D eigenvalue weighted by Crippen LogP contribution is 2.19. The third kappa shape index (κ3) is 2.90. The fourth-order valence-corrected chi connectivity index (χ4v) is 3.73. The largest absolute Gasteiger partial charge is 0.298 e. The maximum atomic E-state index is 12.5. The highest BCUT2D eigenvalue weighted by molar-refractivity contribution is 7.89. The van der Waals surface area contributed by atoms with Crippen molar-refractivity contribution in [3.05, 3.63) is 12.4 Å². The van der Waals surface area contributed by atoms with Gasteiger partial charge in [-0.2, -0.15) is 4.31 Å². The Morgan fingerprint density at radius 2 is 2.05 bits per heavy atom. The minimum Gasteiger partial charge on any atom is -0.298 e. The third-order valence-corrected chi connectivity index (χ3v) is 5.35. The van der Waals surface area contributed by atoms with Crippen LogP contribution in [0.15, 0.2) is 17.3 Å². The van der Waals surface area contributed by atoms with Crippen molar-refractivity contribution in [1.82, 2.24) is 19.2 Å². The number of likely N-dealkylation sites (N-methyl/N-ethyl adjacent to an activating group) is 1. The fraction of sp³-hybridized carbons (Fsp3) is 0.636. The van der Waals surface area contributed by atoms with Gasteiger partial charge in [0.25, 0.3) is 0 Å². The number of nitrogen functional groups attached to an aromatic ring is 1. The van der Waals surface area contributed by atoms with Crippen molar-refractivity contribution in [2.24, 2.45) is 5.84 Å². The molecule has 1 unspecified atom stereocenters. The summed E-state index contributed by atoms with van der Waals surface area (Å²) in [6.07, 6.45) is 2.54. The predicted octanol–water partition coefficient (Wildman–Crippen LogP) is -0.523. The number of rotatable bonds is 4. The lowest BCUT2D eigenvalue weighted by atomic mass is 10.2. The Balaban J connectivity index is 2.18. The molecule has 8 nitrogen and oxygen atoms in total. The summed E-state index contributed by atoms with van der Waals surface area (Å²) >= 11 is 0. The third-order valence-electron chi connectivity index (χ3n) is 3.53. The first-order valence-corrected chi connectivity index (χ1v) is 7.96. The molecule has 112 valence electrons. The summed E-state index contributed by atoms with van der Waals surface area (Å²) in [5.74, 6) is 5.35. The van der Waals surface area contributed by atoms with Crippen LogP contribution in [0, 0.1) is 0 Å². The molecule has 0 bridgehead atoms. The van der Waals surface area contributed by atoms with Gasteiger partial charge in [0.05, 0.1) is 12.4 Å². The highest BCUT2D eigenvalue weighted by Gasteiger charge is 2.31. The second kappa shape index (κ2) is 6.00. The molecule has 1 aromatic heterocycles. The lowest BCUT2D eigenvalue weighted by Crippen LogP contribution is -2.53. The smallest absolute Gasteiger partial charge is 0.246 e. The van der Waals surface area contributed by atoms with Gasteiger partial charge in [-0.1, -0.05) is 6.92 Å². The zero-order chi connectivity index (χ0) is 14.8. The first-order chi connectivity index (χ1) is 9.48. The van der Waals surface area contributed by atoms with E-state index in [1.807, 2.05) is 6.92 Å². The van der Waals surface area contributed by atoms with Crippen LogP contribution in [0.25, 0.3) is 0 Å². The Morgan fingerprint density at radius 3 is 2.55 bits per heavy atom. The maximum absolute atomic E-state index is 12.5. The van der Waals surface area contributed by atoms with Crippen LogP contribution in [-0.2, 0) is 10.0 Å². The number of aromatic nitrogens is 2. The Morgan fingerprint density at radius 1 is 1.40 bits per heavy atom. The van der Waals surface area contributed by atoms with E-state index in [2.05, 4.69) is 27.2 Å². The van der Waals surface area contributed by atoms with E-state index in [1.54, 1.807) is 0 Å². The second-order valence-corrected chi connectivity index (χ2v) is 6.67. The predicted molar refractivity (Wildman–Crippen MR) is 75.3 cm³/mol. The summed E-state index contributed by atoms with van der Waals surface area (Å²) < 4.78 is 26.5. The number of hydrogen-bond donors (Lipinski definition) is 2. The van der Waals surface area contributed by atoms with Gasteiger partial charge in [0.2, 0.25) is 16.0 Å². The topological polar surface area (TPSA) is 104 Å². The van der Waals surface area contributed by atoms with Crippen LogP contribution in [0.1, 0.15) is 13.8 Å². The Labute approximate surface area is 119 Å². The van der Waals surface area contributed by atoms with Crippen LogP contribution in [-0.4, -0.2) is 59.8 Å². The quantitative estimate of drug-likeness (QED) is 0.569. The van der Waals surface area contributed by atoms with Crippen LogP contribution in [0.4, 0.5) is 5.95 Å². The lowest BCUT2D eigenvalue weighted by molar-refractivity contribution is 0.135. The molecule has 1 atom stereocenters. The SMILES string of the molecule is CCN1CCN(S(=O)(=O)c2cnc(NN)nc2)CC1C. The zero-order valence-corrected chi connectivity index (χ0v) is 12.5. The van der Waals surface area contributed by atoms with Gasteiger partial charge in [-0.3, -0.25) is 10.3 Å². The van der Waals surface area contributed by atoms with Gasteiger partial charge >= 0.3 is 0 Å². The number of hydrazine groups is 1. The highest BCUT2D eigenvalue weighted by atomic mass is 32.2. The van der Waals surface area contributed by atoms with Crippen LogP contribution in [0.2, 0.25) is 0 Å². The molecule has 0 amide bonds.